The minimum absolute atomic E-state index is 0.190. The number of amides is 2. The van der Waals surface area contributed by atoms with Crippen molar-refractivity contribution in [3.8, 4) is 5.75 Å². The van der Waals surface area contributed by atoms with Gasteiger partial charge in [-0.3, -0.25) is 9.59 Å². The van der Waals surface area contributed by atoms with E-state index >= 15 is 0 Å². The zero-order chi connectivity index (χ0) is 18.5. The summed E-state index contributed by atoms with van der Waals surface area (Å²) in [6.07, 6.45) is 0.900. The molecule has 136 valence electrons. The average Bonchev–Trinajstić information content (AvgIpc) is 2.92. The molecule has 6 heteroatoms. The number of carbonyl (C=O) groups is 2. The highest BCUT2D eigenvalue weighted by atomic mass is 19.1. The van der Waals surface area contributed by atoms with Crippen LogP contribution >= 0.6 is 0 Å². The molecule has 2 N–H and O–H groups in total. The Morgan fingerprint density at radius 3 is 2.46 bits per heavy atom. The molecule has 0 radical (unpaired) electrons. The van der Waals surface area contributed by atoms with E-state index in [0.717, 1.165) is 5.56 Å². The quantitative estimate of drug-likeness (QED) is 0.767. The van der Waals surface area contributed by atoms with Crippen LogP contribution in [0.5, 0.6) is 5.75 Å². The van der Waals surface area contributed by atoms with Crippen molar-refractivity contribution in [3.63, 3.8) is 0 Å². The molecule has 1 atom stereocenters. The van der Waals surface area contributed by atoms with Gasteiger partial charge in [0.2, 0.25) is 5.91 Å². The first-order valence-corrected chi connectivity index (χ1v) is 8.76. The summed E-state index contributed by atoms with van der Waals surface area (Å²) in [7, 11) is 0. The lowest BCUT2D eigenvalue weighted by atomic mass is 10.1. The Bertz CT molecular complexity index is 775. The second-order valence-corrected chi connectivity index (χ2v) is 6.21. The number of anilines is 1. The van der Waals surface area contributed by atoms with Crippen LogP contribution in [0.1, 0.15) is 18.9 Å². The van der Waals surface area contributed by atoms with Gasteiger partial charge >= 0.3 is 0 Å². The van der Waals surface area contributed by atoms with Crippen LogP contribution in [0, 0.1) is 5.82 Å². The molecule has 1 aliphatic heterocycles. The number of benzene rings is 2. The highest BCUT2D eigenvalue weighted by molar-refractivity contribution is 6.21. The van der Waals surface area contributed by atoms with Gasteiger partial charge in [0.1, 0.15) is 11.6 Å². The summed E-state index contributed by atoms with van der Waals surface area (Å²) in [6.45, 7) is 3.12. The van der Waals surface area contributed by atoms with Gasteiger partial charge < -0.3 is 10.1 Å². The molecule has 1 saturated heterocycles. The summed E-state index contributed by atoms with van der Waals surface area (Å²) in [5, 5.41) is 1.89. The van der Waals surface area contributed by atoms with Crippen LogP contribution in [0.4, 0.5) is 10.1 Å². The maximum Gasteiger partial charge on any atom is 0.292 e. The van der Waals surface area contributed by atoms with Crippen LogP contribution < -0.4 is 15.0 Å². The molecule has 0 aromatic heterocycles. The standard InChI is InChI=1S/C20H21FN2O3/c1-2-26-17-9-7-16(8-10-17)23-19(24)13-18(20(23)25)22-12-11-14-3-5-15(21)6-4-14/h3-10,18,22H,2,11-13H2,1H3/p+1/t18-/m0/s1. The smallest absolute Gasteiger partial charge is 0.292 e. The summed E-state index contributed by atoms with van der Waals surface area (Å²) in [5.74, 6) is 0.0542. The summed E-state index contributed by atoms with van der Waals surface area (Å²) in [4.78, 5) is 26.1. The second kappa shape index (κ2) is 8.10. The number of imide groups is 1. The Balaban J connectivity index is 1.58. The molecule has 2 aromatic rings. The molecule has 2 aromatic carbocycles. The van der Waals surface area contributed by atoms with Gasteiger partial charge in [0.05, 0.1) is 25.3 Å². The van der Waals surface area contributed by atoms with E-state index in [1.807, 2.05) is 12.2 Å². The van der Waals surface area contributed by atoms with Gasteiger partial charge in [-0.05, 0) is 48.9 Å². The minimum atomic E-state index is -0.408. The normalized spacial score (nSPS) is 17.0. The van der Waals surface area contributed by atoms with Gasteiger partial charge in [-0.2, -0.15) is 0 Å². The Hall–Kier alpha value is -2.73. The lowest BCUT2D eigenvalue weighted by molar-refractivity contribution is -0.674. The molecule has 0 spiro atoms. The zero-order valence-corrected chi connectivity index (χ0v) is 14.7. The van der Waals surface area contributed by atoms with Crippen molar-refractivity contribution < 1.29 is 24.0 Å². The fourth-order valence-electron chi connectivity index (χ4n) is 3.07. The third-order valence-electron chi connectivity index (χ3n) is 4.38. The highest BCUT2D eigenvalue weighted by Crippen LogP contribution is 2.24. The number of ether oxygens (including phenoxy) is 1. The molecule has 1 heterocycles. The summed E-state index contributed by atoms with van der Waals surface area (Å²) in [5.41, 5.74) is 1.57. The lowest BCUT2D eigenvalue weighted by Crippen LogP contribution is -2.92. The van der Waals surface area contributed by atoms with Gasteiger partial charge in [0, 0.05) is 6.42 Å². The summed E-state index contributed by atoms with van der Waals surface area (Å²) >= 11 is 0. The van der Waals surface area contributed by atoms with Crippen molar-refractivity contribution in [2.24, 2.45) is 0 Å². The van der Waals surface area contributed by atoms with E-state index in [9.17, 15) is 14.0 Å². The Morgan fingerprint density at radius 1 is 1.12 bits per heavy atom. The topological polar surface area (TPSA) is 63.2 Å². The van der Waals surface area contributed by atoms with E-state index in [4.69, 9.17) is 4.74 Å². The Morgan fingerprint density at radius 2 is 1.81 bits per heavy atom. The molecular weight excluding hydrogens is 335 g/mol. The minimum Gasteiger partial charge on any atom is -0.494 e. The van der Waals surface area contributed by atoms with E-state index in [1.54, 1.807) is 36.4 Å². The highest BCUT2D eigenvalue weighted by Gasteiger charge is 2.42. The molecule has 0 bridgehead atoms. The fraction of sp³-hybridized carbons (Fsp3) is 0.300. The molecule has 5 nitrogen and oxygen atoms in total. The molecule has 0 saturated carbocycles. The molecule has 26 heavy (non-hydrogen) atoms. The first-order chi connectivity index (χ1) is 12.6. The second-order valence-electron chi connectivity index (χ2n) is 6.21. The van der Waals surface area contributed by atoms with E-state index in [2.05, 4.69) is 0 Å². The summed E-state index contributed by atoms with van der Waals surface area (Å²) in [6, 6.07) is 12.9. The number of quaternary nitrogens is 1. The number of halogens is 1. The SMILES string of the molecule is CCOc1ccc(N2C(=O)C[C@H]([NH2+]CCc3ccc(F)cc3)C2=O)cc1. The van der Waals surface area contributed by atoms with Crippen LogP contribution in [0.2, 0.25) is 0 Å². The maximum atomic E-state index is 12.9. The van der Waals surface area contributed by atoms with Crippen molar-refractivity contribution in [2.45, 2.75) is 25.8 Å². The van der Waals surface area contributed by atoms with Crippen molar-refractivity contribution in [2.75, 3.05) is 18.1 Å². The zero-order valence-electron chi connectivity index (χ0n) is 14.7. The number of nitrogens with zero attached hydrogens (tertiary/aromatic N) is 1. The lowest BCUT2D eigenvalue weighted by Gasteiger charge is -2.15. The third-order valence-corrected chi connectivity index (χ3v) is 4.38. The van der Waals surface area contributed by atoms with Crippen molar-refractivity contribution >= 4 is 17.5 Å². The molecule has 1 fully saturated rings. The van der Waals surface area contributed by atoms with Gasteiger partial charge in [-0.1, -0.05) is 12.1 Å². The first kappa shape index (κ1) is 18.1. The Kier molecular flexibility index (Phi) is 5.63. The number of rotatable bonds is 7. The number of carbonyl (C=O) groups excluding carboxylic acids is 2. The van der Waals surface area contributed by atoms with Crippen molar-refractivity contribution in [1.82, 2.24) is 0 Å². The molecule has 1 aliphatic rings. The molecule has 0 unspecified atom stereocenters. The van der Waals surface area contributed by atoms with Gasteiger partial charge in [0.25, 0.3) is 5.91 Å². The van der Waals surface area contributed by atoms with E-state index in [0.29, 0.717) is 31.0 Å². The van der Waals surface area contributed by atoms with Crippen LogP contribution in [-0.2, 0) is 16.0 Å². The molecular formula is C20H22FN2O3+. The largest absolute Gasteiger partial charge is 0.494 e. The molecule has 0 aliphatic carbocycles. The van der Waals surface area contributed by atoms with Crippen LogP contribution in [0.15, 0.2) is 48.5 Å². The summed E-state index contributed by atoms with van der Waals surface area (Å²) < 4.78 is 18.3. The van der Waals surface area contributed by atoms with Crippen molar-refractivity contribution in [3.05, 3.63) is 59.9 Å². The van der Waals surface area contributed by atoms with Crippen LogP contribution in [0.25, 0.3) is 0 Å². The first-order valence-electron chi connectivity index (χ1n) is 8.76. The third kappa shape index (κ3) is 4.08. The number of nitrogens with two attached hydrogens (primary N) is 1. The van der Waals surface area contributed by atoms with E-state index < -0.39 is 6.04 Å². The predicted octanol–water partition coefficient (Wildman–Crippen LogP) is 1.66. The van der Waals surface area contributed by atoms with Crippen molar-refractivity contribution in [1.29, 1.82) is 0 Å². The predicted molar refractivity (Wildman–Crippen MR) is 95.4 cm³/mol. The van der Waals surface area contributed by atoms with Gasteiger partial charge in [-0.15, -0.1) is 0 Å². The monoisotopic (exact) mass is 357 g/mol. The molecule has 2 amide bonds. The van der Waals surface area contributed by atoms with E-state index in [1.165, 1.54) is 17.0 Å². The van der Waals surface area contributed by atoms with Crippen LogP contribution in [0.3, 0.4) is 0 Å². The number of hydrogen-bond acceptors (Lipinski definition) is 3. The molecule has 3 rings (SSSR count). The number of hydrogen-bond donors (Lipinski definition) is 1. The maximum absolute atomic E-state index is 12.9. The van der Waals surface area contributed by atoms with Gasteiger partial charge in [0.15, 0.2) is 6.04 Å². The fourth-order valence-corrected chi connectivity index (χ4v) is 3.07. The average molecular weight is 357 g/mol. The Labute approximate surface area is 151 Å². The van der Waals surface area contributed by atoms with Gasteiger partial charge in [-0.25, -0.2) is 9.29 Å². The van der Waals surface area contributed by atoms with Crippen LogP contribution in [-0.4, -0.2) is 31.0 Å². The van der Waals surface area contributed by atoms with E-state index in [-0.39, 0.29) is 24.1 Å².